The maximum atomic E-state index is 11.7. The number of H-pyrrole nitrogens is 1. The van der Waals surface area contributed by atoms with Crippen LogP contribution in [0.2, 0.25) is 0 Å². The van der Waals surface area contributed by atoms with Crippen molar-refractivity contribution in [2.24, 2.45) is 0 Å². The van der Waals surface area contributed by atoms with Gasteiger partial charge in [0.1, 0.15) is 11.4 Å². The topological polar surface area (TPSA) is 70.2 Å². The van der Waals surface area contributed by atoms with E-state index in [1.165, 1.54) is 0 Å². The summed E-state index contributed by atoms with van der Waals surface area (Å²) < 4.78 is 5.30. The number of aromatic nitrogens is 2. The Kier molecular flexibility index (Phi) is 4.09. The summed E-state index contributed by atoms with van der Waals surface area (Å²) in [6.07, 6.45) is 4.22. The highest BCUT2D eigenvalue weighted by atomic mass is 16.6. The van der Waals surface area contributed by atoms with E-state index in [2.05, 4.69) is 15.3 Å². The molecule has 0 radical (unpaired) electrons. The molecular formula is C13H22N4O2. The highest BCUT2D eigenvalue weighted by Crippen LogP contribution is 2.15. The molecule has 0 bridgehead atoms. The van der Waals surface area contributed by atoms with E-state index < -0.39 is 5.60 Å². The Balaban J connectivity index is 1.60. The van der Waals surface area contributed by atoms with Crippen molar-refractivity contribution in [2.45, 2.75) is 38.8 Å². The lowest BCUT2D eigenvalue weighted by atomic mass is 10.1. The summed E-state index contributed by atoms with van der Waals surface area (Å²) in [6.45, 7) is 7.93. The van der Waals surface area contributed by atoms with E-state index in [0.717, 1.165) is 18.8 Å². The Morgan fingerprint density at radius 2 is 2.32 bits per heavy atom. The number of aromatic amines is 1. The van der Waals surface area contributed by atoms with Gasteiger partial charge in [-0.1, -0.05) is 0 Å². The minimum Gasteiger partial charge on any atom is -0.444 e. The molecule has 0 aliphatic carbocycles. The van der Waals surface area contributed by atoms with Crippen LogP contribution in [0.1, 0.15) is 26.6 Å². The predicted octanol–water partition coefficient (Wildman–Crippen LogP) is 1.16. The van der Waals surface area contributed by atoms with E-state index >= 15 is 0 Å². The highest BCUT2D eigenvalue weighted by molar-refractivity contribution is 5.69. The summed E-state index contributed by atoms with van der Waals surface area (Å²) in [5.41, 5.74) is -0.422. The molecule has 0 atom stereocenters. The Hall–Kier alpha value is -1.56. The smallest absolute Gasteiger partial charge is 0.410 e. The quantitative estimate of drug-likeness (QED) is 0.858. The van der Waals surface area contributed by atoms with Crippen LogP contribution >= 0.6 is 0 Å². The maximum absolute atomic E-state index is 11.7. The summed E-state index contributed by atoms with van der Waals surface area (Å²) in [5.74, 6) is 0.982. The van der Waals surface area contributed by atoms with E-state index in [9.17, 15) is 4.79 Å². The lowest BCUT2D eigenvalue weighted by Crippen LogP contribution is -2.60. The van der Waals surface area contributed by atoms with Gasteiger partial charge in [-0.2, -0.15) is 0 Å². The highest BCUT2D eigenvalue weighted by Gasteiger charge is 2.33. The van der Waals surface area contributed by atoms with Crippen LogP contribution in [0.25, 0.3) is 0 Å². The van der Waals surface area contributed by atoms with Gasteiger partial charge < -0.3 is 19.9 Å². The molecule has 1 fully saturated rings. The molecule has 0 aromatic carbocycles. The van der Waals surface area contributed by atoms with Crippen LogP contribution in [0.3, 0.4) is 0 Å². The molecule has 6 heteroatoms. The number of likely N-dealkylation sites (tertiary alicyclic amines) is 1. The zero-order valence-corrected chi connectivity index (χ0v) is 11.8. The largest absolute Gasteiger partial charge is 0.444 e. The number of carbonyl (C=O) groups is 1. The molecule has 1 amide bonds. The first-order valence-electron chi connectivity index (χ1n) is 6.63. The van der Waals surface area contributed by atoms with Crippen molar-refractivity contribution in [1.82, 2.24) is 20.2 Å². The Bertz CT molecular complexity index is 405. The molecule has 19 heavy (non-hydrogen) atoms. The first-order chi connectivity index (χ1) is 8.94. The van der Waals surface area contributed by atoms with Gasteiger partial charge in [-0.05, 0) is 20.8 Å². The Labute approximate surface area is 113 Å². The fourth-order valence-electron chi connectivity index (χ4n) is 1.91. The van der Waals surface area contributed by atoms with Gasteiger partial charge in [0.15, 0.2) is 0 Å². The lowest BCUT2D eigenvalue weighted by Gasteiger charge is -2.40. The number of nitrogens with zero attached hydrogens (tertiary/aromatic N) is 2. The van der Waals surface area contributed by atoms with Crippen LogP contribution in [-0.4, -0.2) is 52.2 Å². The number of rotatable bonds is 4. The van der Waals surface area contributed by atoms with E-state index in [1.807, 2.05) is 27.0 Å². The molecule has 2 N–H and O–H groups in total. The zero-order chi connectivity index (χ0) is 13.9. The van der Waals surface area contributed by atoms with E-state index in [1.54, 1.807) is 11.1 Å². The second kappa shape index (κ2) is 5.61. The molecule has 106 valence electrons. The maximum Gasteiger partial charge on any atom is 0.410 e. The first kappa shape index (κ1) is 13.9. The van der Waals surface area contributed by atoms with Crippen molar-refractivity contribution in [3.05, 3.63) is 18.2 Å². The number of hydrogen-bond donors (Lipinski definition) is 2. The molecule has 1 aromatic rings. The number of imidazole rings is 1. The van der Waals surface area contributed by atoms with Crippen LogP contribution in [0, 0.1) is 0 Å². The first-order valence-corrected chi connectivity index (χ1v) is 6.63. The number of carbonyl (C=O) groups excluding carboxylic acids is 1. The molecule has 1 aromatic heterocycles. The zero-order valence-electron chi connectivity index (χ0n) is 11.8. The molecule has 0 unspecified atom stereocenters. The fourth-order valence-corrected chi connectivity index (χ4v) is 1.91. The third-order valence-corrected chi connectivity index (χ3v) is 2.88. The van der Waals surface area contributed by atoms with Crippen LogP contribution < -0.4 is 5.32 Å². The van der Waals surface area contributed by atoms with Gasteiger partial charge in [0.25, 0.3) is 0 Å². The minimum atomic E-state index is -0.422. The normalized spacial score (nSPS) is 16.3. The number of hydrogen-bond acceptors (Lipinski definition) is 4. The summed E-state index contributed by atoms with van der Waals surface area (Å²) in [4.78, 5) is 20.7. The standard InChI is InChI=1S/C13H22N4O2/c1-13(2,3)19-12(18)17-8-10(9-17)14-5-4-11-15-6-7-16-11/h6-7,10,14H,4-5,8-9H2,1-3H3,(H,15,16). The summed E-state index contributed by atoms with van der Waals surface area (Å²) in [6, 6.07) is 0.363. The third kappa shape index (κ3) is 4.24. The Morgan fingerprint density at radius 3 is 2.89 bits per heavy atom. The van der Waals surface area contributed by atoms with Gasteiger partial charge in [-0.25, -0.2) is 9.78 Å². The van der Waals surface area contributed by atoms with Crippen molar-refractivity contribution in [3.63, 3.8) is 0 Å². The van der Waals surface area contributed by atoms with Crippen LogP contribution in [-0.2, 0) is 11.2 Å². The molecule has 2 heterocycles. The van der Waals surface area contributed by atoms with Gasteiger partial charge >= 0.3 is 6.09 Å². The van der Waals surface area contributed by atoms with Crippen molar-refractivity contribution >= 4 is 6.09 Å². The van der Waals surface area contributed by atoms with Gasteiger partial charge in [0, 0.05) is 44.5 Å². The van der Waals surface area contributed by atoms with E-state index in [0.29, 0.717) is 19.1 Å². The van der Waals surface area contributed by atoms with Crippen LogP contribution in [0.5, 0.6) is 0 Å². The lowest BCUT2D eigenvalue weighted by molar-refractivity contribution is 0.00541. The van der Waals surface area contributed by atoms with Crippen molar-refractivity contribution < 1.29 is 9.53 Å². The second-order valence-corrected chi connectivity index (χ2v) is 5.82. The number of nitrogens with one attached hydrogen (secondary N) is 2. The van der Waals surface area contributed by atoms with Crippen molar-refractivity contribution in [1.29, 1.82) is 0 Å². The van der Waals surface area contributed by atoms with E-state index in [-0.39, 0.29) is 6.09 Å². The summed E-state index contributed by atoms with van der Waals surface area (Å²) in [5, 5.41) is 3.40. The molecular weight excluding hydrogens is 244 g/mol. The number of amides is 1. The predicted molar refractivity (Wildman–Crippen MR) is 71.9 cm³/mol. The Morgan fingerprint density at radius 1 is 1.58 bits per heavy atom. The van der Waals surface area contributed by atoms with Crippen LogP contribution in [0.15, 0.2) is 12.4 Å². The summed E-state index contributed by atoms with van der Waals surface area (Å²) >= 11 is 0. The average Bonchev–Trinajstić information content (AvgIpc) is 2.71. The number of ether oxygens (including phenoxy) is 1. The molecule has 1 aliphatic heterocycles. The summed E-state index contributed by atoms with van der Waals surface area (Å²) in [7, 11) is 0. The van der Waals surface area contributed by atoms with E-state index in [4.69, 9.17) is 4.74 Å². The molecule has 1 saturated heterocycles. The monoisotopic (exact) mass is 266 g/mol. The van der Waals surface area contributed by atoms with Crippen LogP contribution in [0.4, 0.5) is 4.79 Å². The molecule has 1 aliphatic rings. The second-order valence-electron chi connectivity index (χ2n) is 5.82. The third-order valence-electron chi connectivity index (χ3n) is 2.88. The minimum absolute atomic E-state index is 0.225. The molecule has 6 nitrogen and oxygen atoms in total. The molecule has 0 saturated carbocycles. The van der Waals surface area contributed by atoms with Crippen molar-refractivity contribution in [3.8, 4) is 0 Å². The van der Waals surface area contributed by atoms with Gasteiger partial charge in [0.2, 0.25) is 0 Å². The molecule has 0 spiro atoms. The van der Waals surface area contributed by atoms with Crippen molar-refractivity contribution in [2.75, 3.05) is 19.6 Å². The van der Waals surface area contributed by atoms with Gasteiger partial charge in [-0.15, -0.1) is 0 Å². The fraction of sp³-hybridized carbons (Fsp3) is 0.692. The average molecular weight is 266 g/mol. The van der Waals surface area contributed by atoms with Gasteiger partial charge in [0.05, 0.1) is 0 Å². The van der Waals surface area contributed by atoms with Gasteiger partial charge in [-0.3, -0.25) is 0 Å². The molecule has 2 rings (SSSR count). The SMILES string of the molecule is CC(C)(C)OC(=O)N1CC(NCCc2ncc[nH]2)C1.